The third-order valence-electron chi connectivity index (χ3n) is 5.19. The van der Waals surface area contributed by atoms with Gasteiger partial charge in [-0.2, -0.15) is 0 Å². The topological polar surface area (TPSA) is 68.0 Å². The van der Waals surface area contributed by atoms with Crippen LogP contribution in [0.15, 0.2) is 27.8 Å². The predicted molar refractivity (Wildman–Crippen MR) is 97.8 cm³/mol. The third kappa shape index (κ3) is 6.04. The smallest absolute Gasteiger partial charge is 0.191 e. The van der Waals surface area contributed by atoms with E-state index in [1.165, 1.54) is 12.8 Å². The maximum atomic E-state index is 5.46. The first kappa shape index (κ1) is 18.3. The Morgan fingerprint density at radius 3 is 3.00 bits per heavy atom. The fraction of sp³-hybridized carbons (Fsp3) is 0.737. The molecular weight excluding hydrogens is 318 g/mol. The number of furan rings is 1. The largest absolute Gasteiger partial charge is 0.469 e. The molecule has 0 radical (unpaired) electrons. The Labute approximate surface area is 150 Å². The molecule has 1 saturated heterocycles. The van der Waals surface area contributed by atoms with E-state index in [0.717, 1.165) is 70.4 Å². The molecular formula is C19H31N3O3. The molecule has 25 heavy (non-hydrogen) atoms. The van der Waals surface area contributed by atoms with E-state index in [4.69, 9.17) is 18.9 Å². The van der Waals surface area contributed by atoms with Gasteiger partial charge < -0.3 is 24.5 Å². The van der Waals surface area contributed by atoms with Crippen molar-refractivity contribution in [3.05, 3.63) is 24.2 Å². The van der Waals surface area contributed by atoms with Gasteiger partial charge >= 0.3 is 0 Å². The van der Waals surface area contributed by atoms with E-state index in [2.05, 4.69) is 10.6 Å². The zero-order valence-corrected chi connectivity index (χ0v) is 15.3. The van der Waals surface area contributed by atoms with E-state index in [1.54, 1.807) is 13.4 Å². The molecule has 3 rings (SSSR count). The van der Waals surface area contributed by atoms with Gasteiger partial charge in [-0.25, -0.2) is 0 Å². The summed E-state index contributed by atoms with van der Waals surface area (Å²) in [6.07, 6.45) is 7.32. The number of ether oxygens (including phenoxy) is 2. The van der Waals surface area contributed by atoms with Crippen molar-refractivity contribution in [2.45, 2.75) is 32.1 Å². The summed E-state index contributed by atoms with van der Waals surface area (Å²) < 4.78 is 16.1. The Morgan fingerprint density at radius 2 is 2.32 bits per heavy atom. The zero-order valence-electron chi connectivity index (χ0n) is 15.3. The van der Waals surface area contributed by atoms with Crippen LogP contribution in [0.5, 0.6) is 0 Å². The molecule has 6 nitrogen and oxygen atoms in total. The number of guanidine groups is 1. The number of nitrogens with one attached hydrogen (secondary N) is 2. The Morgan fingerprint density at radius 1 is 1.40 bits per heavy atom. The van der Waals surface area contributed by atoms with E-state index < -0.39 is 0 Å². The highest BCUT2D eigenvalue weighted by atomic mass is 16.5. The fourth-order valence-corrected chi connectivity index (χ4v) is 3.15. The van der Waals surface area contributed by atoms with Gasteiger partial charge in [-0.1, -0.05) is 0 Å². The molecule has 2 N–H and O–H groups in total. The van der Waals surface area contributed by atoms with Crippen molar-refractivity contribution in [2.24, 2.45) is 16.3 Å². The van der Waals surface area contributed by atoms with Gasteiger partial charge in [0.05, 0.1) is 12.9 Å². The summed E-state index contributed by atoms with van der Waals surface area (Å²) in [5.41, 5.74) is 0.363. The van der Waals surface area contributed by atoms with Crippen LogP contribution in [-0.2, 0) is 15.9 Å². The first-order valence-electron chi connectivity index (χ1n) is 9.41. The molecule has 1 saturated carbocycles. The monoisotopic (exact) mass is 349 g/mol. The Balaban J connectivity index is 1.48. The molecule has 2 heterocycles. The quantitative estimate of drug-likeness (QED) is 0.501. The second kappa shape index (κ2) is 9.25. The maximum Gasteiger partial charge on any atom is 0.191 e. The molecule has 1 unspecified atom stereocenters. The van der Waals surface area contributed by atoms with Crippen LogP contribution >= 0.6 is 0 Å². The summed E-state index contributed by atoms with van der Waals surface area (Å²) in [6.45, 7) is 5.15. The predicted octanol–water partition coefficient (Wildman–Crippen LogP) is 2.21. The molecule has 1 aliphatic carbocycles. The van der Waals surface area contributed by atoms with Gasteiger partial charge in [-0.3, -0.25) is 4.99 Å². The molecule has 140 valence electrons. The van der Waals surface area contributed by atoms with Gasteiger partial charge in [0.25, 0.3) is 0 Å². The highest BCUT2D eigenvalue weighted by molar-refractivity contribution is 5.79. The first-order chi connectivity index (χ1) is 12.3. The number of hydrogen-bond acceptors (Lipinski definition) is 4. The van der Waals surface area contributed by atoms with Crippen LogP contribution in [0.1, 0.15) is 31.4 Å². The van der Waals surface area contributed by atoms with Gasteiger partial charge in [0.1, 0.15) is 5.76 Å². The molecule has 1 aliphatic heterocycles. The molecule has 1 aromatic rings. The van der Waals surface area contributed by atoms with Crippen molar-refractivity contribution in [2.75, 3.05) is 46.6 Å². The normalized spacial score (nSPS) is 22.1. The third-order valence-corrected chi connectivity index (χ3v) is 5.19. The minimum Gasteiger partial charge on any atom is -0.469 e. The van der Waals surface area contributed by atoms with Crippen molar-refractivity contribution in [3.8, 4) is 0 Å². The van der Waals surface area contributed by atoms with E-state index in [1.807, 2.05) is 12.1 Å². The SMILES string of the molecule is COCCC1(CN=C(NCCc2ccco2)NCC2CCOC2)CC1. The van der Waals surface area contributed by atoms with E-state index in [-0.39, 0.29) is 0 Å². The minimum absolute atomic E-state index is 0.363. The summed E-state index contributed by atoms with van der Waals surface area (Å²) in [5.74, 6) is 2.48. The molecule has 0 aromatic carbocycles. The highest BCUT2D eigenvalue weighted by Gasteiger charge is 2.41. The molecule has 2 aliphatic rings. The van der Waals surface area contributed by atoms with E-state index >= 15 is 0 Å². The van der Waals surface area contributed by atoms with Crippen LogP contribution in [0.3, 0.4) is 0 Å². The van der Waals surface area contributed by atoms with Gasteiger partial charge in [0.15, 0.2) is 5.96 Å². The molecule has 1 atom stereocenters. The number of nitrogens with zero attached hydrogens (tertiary/aromatic N) is 1. The van der Waals surface area contributed by atoms with Crippen molar-refractivity contribution in [3.63, 3.8) is 0 Å². The minimum atomic E-state index is 0.363. The number of aliphatic imine (C=N–C) groups is 1. The van der Waals surface area contributed by atoms with Crippen LogP contribution < -0.4 is 10.6 Å². The Bertz CT molecular complexity index is 520. The molecule has 6 heteroatoms. The Kier molecular flexibility index (Phi) is 6.76. The maximum absolute atomic E-state index is 5.46. The van der Waals surface area contributed by atoms with Crippen LogP contribution in [0.25, 0.3) is 0 Å². The number of rotatable bonds is 10. The lowest BCUT2D eigenvalue weighted by Gasteiger charge is -2.17. The van der Waals surface area contributed by atoms with Gasteiger partial charge in [-0.15, -0.1) is 0 Å². The van der Waals surface area contributed by atoms with Crippen molar-refractivity contribution in [1.82, 2.24) is 10.6 Å². The average molecular weight is 349 g/mol. The average Bonchev–Trinajstić information content (AvgIpc) is 3.04. The standard InChI is InChI=1S/C19H31N3O3/c1-23-12-8-19(6-7-19)15-22-18(21-13-16-5-11-24-14-16)20-9-4-17-3-2-10-25-17/h2-3,10,16H,4-9,11-15H2,1H3,(H2,20,21,22). The number of methoxy groups -OCH3 is 1. The summed E-state index contributed by atoms with van der Waals surface area (Å²) in [6, 6.07) is 3.93. The van der Waals surface area contributed by atoms with Crippen molar-refractivity contribution in [1.29, 1.82) is 0 Å². The number of hydrogen-bond donors (Lipinski definition) is 2. The second-order valence-corrected chi connectivity index (χ2v) is 7.27. The van der Waals surface area contributed by atoms with E-state index in [0.29, 0.717) is 11.3 Å². The zero-order chi connectivity index (χ0) is 17.4. The van der Waals surface area contributed by atoms with Gasteiger partial charge in [0.2, 0.25) is 0 Å². The Hall–Kier alpha value is -1.53. The van der Waals surface area contributed by atoms with Gasteiger partial charge in [-0.05, 0) is 43.2 Å². The second-order valence-electron chi connectivity index (χ2n) is 7.27. The highest BCUT2D eigenvalue weighted by Crippen LogP contribution is 2.48. The summed E-state index contributed by atoms with van der Waals surface area (Å²) in [5, 5.41) is 6.94. The summed E-state index contributed by atoms with van der Waals surface area (Å²) in [4.78, 5) is 4.86. The molecule has 2 fully saturated rings. The first-order valence-corrected chi connectivity index (χ1v) is 9.41. The lowest BCUT2D eigenvalue weighted by molar-refractivity contribution is 0.174. The molecule has 0 amide bonds. The molecule has 0 bridgehead atoms. The van der Waals surface area contributed by atoms with Crippen molar-refractivity contribution >= 4 is 5.96 Å². The van der Waals surface area contributed by atoms with Gasteiger partial charge in [0, 0.05) is 52.3 Å². The summed E-state index contributed by atoms with van der Waals surface area (Å²) >= 11 is 0. The molecule has 1 aromatic heterocycles. The fourth-order valence-electron chi connectivity index (χ4n) is 3.15. The van der Waals surface area contributed by atoms with Crippen LogP contribution in [0.2, 0.25) is 0 Å². The van der Waals surface area contributed by atoms with Crippen LogP contribution in [-0.4, -0.2) is 52.5 Å². The lowest BCUT2D eigenvalue weighted by Crippen LogP contribution is -2.41. The summed E-state index contributed by atoms with van der Waals surface area (Å²) in [7, 11) is 1.77. The van der Waals surface area contributed by atoms with Crippen molar-refractivity contribution < 1.29 is 13.9 Å². The van der Waals surface area contributed by atoms with Crippen LogP contribution in [0.4, 0.5) is 0 Å². The molecule has 0 spiro atoms. The lowest BCUT2D eigenvalue weighted by atomic mass is 10.0. The van der Waals surface area contributed by atoms with E-state index in [9.17, 15) is 0 Å². The van der Waals surface area contributed by atoms with Crippen LogP contribution in [0, 0.1) is 11.3 Å².